The summed E-state index contributed by atoms with van der Waals surface area (Å²) < 4.78 is 16.1. The van der Waals surface area contributed by atoms with Crippen molar-refractivity contribution < 1.29 is 19.3 Å². The molecule has 4 nitrogen and oxygen atoms in total. The van der Waals surface area contributed by atoms with Crippen LogP contribution in [0.4, 0.5) is 0 Å². The van der Waals surface area contributed by atoms with Gasteiger partial charge in [-0.1, -0.05) is 24.3 Å². The molecule has 0 unspecified atom stereocenters. The normalized spacial score (nSPS) is 13.4. The highest BCUT2D eigenvalue weighted by Crippen LogP contribution is 2.31. The minimum absolute atomic E-state index is 0.127. The lowest BCUT2D eigenvalue weighted by atomic mass is 10.1. The molecule has 0 spiro atoms. The van der Waals surface area contributed by atoms with Crippen molar-refractivity contribution in [2.24, 2.45) is 0 Å². The molecule has 0 aliphatic carbocycles. The first kappa shape index (κ1) is 13.4. The second-order valence-corrected chi connectivity index (χ2v) is 4.67. The largest absolute Gasteiger partial charge is 0.504 e. The molecule has 0 aromatic heterocycles. The maximum absolute atomic E-state index is 9.75. The van der Waals surface area contributed by atoms with Crippen LogP contribution in [-0.4, -0.2) is 25.4 Å². The summed E-state index contributed by atoms with van der Waals surface area (Å²) in [5, 5.41) is 9.75. The zero-order chi connectivity index (χ0) is 14.7. The number of phenols is 1. The maximum Gasteiger partial charge on any atom is 0.161 e. The lowest BCUT2D eigenvalue weighted by Crippen LogP contribution is -2.15. The summed E-state index contributed by atoms with van der Waals surface area (Å²) in [6, 6.07) is 11.1. The van der Waals surface area contributed by atoms with Gasteiger partial charge in [-0.2, -0.15) is 0 Å². The Hall–Kier alpha value is -2.62. The van der Waals surface area contributed by atoms with Crippen molar-refractivity contribution in [1.82, 2.24) is 0 Å². The van der Waals surface area contributed by atoms with E-state index in [9.17, 15) is 5.11 Å². The standard InChI is InChI=1S/C17H16O4/c1-19-15-6-4-12(10-14(15)18)2-3-13-5-7-16-17(11-13)21-9-8-20-16/h2-7,10-11,18H,8-9H2,1H3/b3-2+. The van der Waals surface area contributed by atoms with E-state index in [0.29, 0.717) is 19.0 Å². The number of fused-ring (bicyclic) bond motifs is 1. The molecule has 1 aliphatic heterocycles. The van der Waals surface area contributed by atoms with Gasteiger partial charge in [-0.05, 0) is 35.4 Å². The molecule has 0 saturated heterocycles. The third-order valence-corrected chi connectivity index (χ3v) is 3.24. The number of phenolic OH excluding ortho intramolecular Hbond substituents is 1. The van der Waals surface area contributed by atoms with Gasteiger partial charge in [-0.15, -0.1) is 0 Å². The molecule has 1 N–H and O–H groups in total. The Morgan fingerprint density at radius 2 is 1.62 bits per heavy atom. The van der Waals surface area contributed by atoms with Crippen molar-refractivity contribution in [1.29, 1.82) is 0 Å². The average Bonchev–Trinajstić information content (AvgIpc) is 2.53. The van der Waals surface area contributed by atoms with Gasteiger partial charge in [-0.25, -0.2) is 0 Å². The van der Waals surface area contributed by atoms with E-state index in [-0.39, 0.29) is 5.75 Å². The number of aromatic hydroxyl groups is 1. The summed E-state index contributed by atoms with van der Waals surface area (Å²) in [4.78, 5) is 0. The molecular formula is C17H16O4. The summed E-state index contributed by atoms with van der Waals surface area (Å²) in [5.74, 6) is 2.13. The first-order valence-corrected chi connectivity index (χ1v) is 6.71. The van der Waals surface area contributed by atoms with Crippen LogP contribution in [0.15, 0.2) is 36.4 Å². The third-order valence-electron chi connectivity index (χ3n) is 3.24. The highest BCUT2D eigenvalue weighted by Gasteiger charge is 2.10. The Labute approximate surface area is 123 Å². The number of hydrogen-bond acceptors (Lipinski definition) is 4. The first-order chi connectivity index (χ1) is 10.3. The summed E-state index contributed by atoms with van der Waals surface area (Å²) in [7, 11) is 1.53. The van der Waals surface area contributed by atoms with Crippen LogP contribution in [0.3, 0.4) is 0 Å². The number of rotatable bonds is 3. The van der Waals surface area contributed by atoms with Gasteiger partial charge in [0, 0.05) is 0 Å². The number of ether oxygens (including phenoxy) is 3. The zero-order valence-corrected chi connectivity index (χ0v) is 11.7. The van der Waals surface area contributed by atoms with Gasteiger partial charge in [0.15, 0.2) is 23.0 Å². The molecule has 0 saturated carbocycles. The summed E-state index contributed by atoms with van der Waals surface area (Å²) in [6.45, 7) is 1.17. The molecule has 0 fully saturated rings. The Balaban J connectivity index is 1.81. The molecule has 1 heterocycles. The van der Waals surface area contributed by atoms with Crippen LogP contribution in [0, 0.1) is 0 Å². The molecule has 0 amide bonds. The molecule has 4 heteroatoms. The van der Waals surface area contributed by atoms with Crippen LogP contribution < -0.4 is 14.2 Å². The average molecular weight is 284 g/mol. The van der Waals surface area contributed by atoms with Crippen LogP contribution >= 0.6 is 0 Å². The summed E-state index contributed by atoms with van der Waals surface area (Å²) in [6.07, 6.45) is 3.88. The zero-order valence-electron chi connectivity index (χ0n) is 11.7. The number of methoxy groups -OCH3 is 1. The second kappa shape index (κ2) is 5.79. The molecule has 2 aromatic carbocycles. The monoisotopic (exact) mass is 284 g/mol. The van der Waals surface area contributed by atoms with Gasteiger partial charge >= 0.3 is 0 Å². The Morgan fingerprint density at radius 1 is 0.952 bits per heavy atom. The Bertz CT molecular complexity index is 676. The fourth-order valence-electron chi connectivity index (χ4n) is 2.17. The highest BCUT2D eigenvalue weighted by molar-refractivity contribution is 5.72. The lowest BCUT2D eigenvalue weighted by Gasteiger charge is -2.18. The van der Waals surface area contributed by atoms with E-state index in [2.05, 4.69) is 0 Å². The molecular weight excluding hydrogens is 268 g/mol. The molecule has 2 aromatic rings. The van der Waals surface area contributed by atoms with Crippen molar-refractivity contribution >= 4 is 12.2 Å². The van der Waals surface area contributed by atoms with Crippen LogP contribution in [-0.2, 0) is 0 Å². The third kappa shape index (κ3) is 2.94. The molecule has 0 bridgehead atoms. The van der Waals surface area contributed by atoms with Gasteiger partial charge in [0.2, 0.25) is 0 Å². The van der Waals surface area contributed by atoms with Crippen LogP contribution in [0.1, 0.15) is 11.1 Å². The quantitative estimate of drug-likeness (QED) is 0.878. The molecule has 0 atom stereocenters. The molecule has 3 rings (SSSR count). The number of benzene rings is 2. The van der Waals surface area contributed by atoms with Crippen molar-refractivity contribution in [2.75, 3.05) is 20.3 Å². The SMILES string of the molecule is COc1ccc(/C=C/c2ccc3c(c2)OCCO3)cc1O. The van der Waals surface area contributed by atoms with E-state index >= 15 is 0 Å². The van der Waals surface area contributed by atoms with Crippen molar-refractivity contribution in [3.8, 4) is 23.0 Å². The van der Waals surface area contributed by atoms with Crippen molar-refractivity contribution in [2.45, 2.75) is 0 Å². The van der Waals surface area contributed by atoms with E-state index < -0.39 is 0 Å². The maximum atomic E-state index is 9.75. The fourth-order valence-corrected chi connectivity index (χ4v) is 2.17. The van der Waals surface area contributed by atoms with Gasteiger partial charge in [0.25, 0.3) is 0 Å². The Kier molecular flexibility index (Phi) is 3.69. The summed E-state index contributed by atoms with van der Waals surface area (Å²) in [5.41, 5.74) is 1.90. The van der Waals surface area contributed by atoms with Crippen molar-refractivity contribution in [3.05, 3.63) is 47.5 Å². The van der Waals surface area contributed by atoms with Crippen LogP contribution in [0.2, 0.25) is 0 Å². The lowest BCUT2D eigenvalue weighted by molar-refractivity contribution is 0.171. The number of hydrogen-bond donors (Lipinski definition) is 1. The smallest absolute Gasteiger partial charge is 0.161 e. The minimum atomic E-state index is 0.127. The van der Waals surface area contributed by atoms with Crippen LogP contribution in [0.25, 0.3) is 12.2 Å². The molecule has 1 aliphatic rings. The van der Waals surface area contributed by atoms with Crippen LogP contribution in [0.5, 0.6) is 23.0 Å². The van der Waals surface area contributed by atoms with Gasteiger partial charge < -0.3 is 19.3 Å². The fraction of sp³-hybridized carbons (Fsp3) is 0.176. The van der Waals surface area contributed by atoms with E-state index in [1.807, 2.05) is 36.4 Å². The van der Waals surface area contributed by atoms with E-state index in [1.54, 1.807) is 12.1 Å². The van der Waals surface area contributed by atoms with E-state index in [4.69, 9.17) is 14.2 Å². The molecule has 21 heavy (non-hydrogen) atoms. The predicted molar refractivity (Wildman–Crippen MR) is 81.0 cm³/mol. The minimum Gasteiger partial charge on any atom is -0.504 e. The van der Waals surface area contributed by atoms with E-state index in [1.165, 1.54) is 7.11 Å². The summed E-state index contributed by atoms with van der Waals surface area (Å²) >= 11 is 0. The molecule has 108 valence electrons. The Morgan fingerprint density at radius 3 is 2.33 bits per heavy atom. The second-order valence-electron chi connectivity index (χ2n) is 4.67. The topological polar surface area (TPSA) is 47.9 Å². The van der Waals surface area contributed by atoms with Gasteiger partial charge in [0.05, 0.1) is 7.11 Å². The van der Waals surface area contributed by atoms with Crippen molar-refractivity contribution in [3.63, 3.8) is 0 Å². The first-order valence-electron chi connectivity index (χ1n) is 6.71. The van der Waals surface area contributed by atoms with Gasteiger partial charge in [-0.3, -0.25) is 0 Å². The predicted octanol–water partition coefficient (Wildman–Crippen LogP) is 3.34. The molecule has 0 radical (unpaired) electrons. The highest BCUT2D eigenvalue weighted by atomic mass is 16.6. The van der Waals surface area contributed by atoms with E-state index in [0.717, 1.165) is 22.6 Å². The van der Waals surface area contributed by atoms with Gasteiger partial charge in [0.1, 0.15) is 13.2 Å².